The molecule has 0 unspecified atom stereocenters. The van der Waals surface area contributed by atoms with Gasteiger partial charge in [0.05, 0.1) is 0 Å². The molecule has 0 saturated carbocycles. The van der Waals surface area contributed by atoms with E-state index in [1.54, 1.807) is 6.92 Å². The molecule has 3 nitrogen and oxygen atoms in total. The van der Waals surface area contributed by atoms with E-state index in [1.165, 1.54) is 5.56 Å². The van der Waals surface area contributed by atoms with E-state index in [9.17, 15) is 4.79 Å². The first-order valence-electron chi connectivity index (χ1n) is 5.15. The zero-order valence-electron chi connectivity index (χ0n) is 8.73. The van der Waals surface area contributed by atoms with Gasteiger partial charge in [-0.05, 0) is 24.8 Å². The van der Waals surface area contributed by atoms with Crippen molar-refractivity contribution < 1.29 is 9.90 Å². The lowest BCUT2D eigenvalue weighted by molar-refractivity contribution is -0.143. The maximum atomic E-state index is 11.0. The summed E-state index contributed by atoms with van der Waals surface area (Å²) in [5, 5.41) is 12.2. The lowest BCUT2D eigenvalue weighted by Gasteiger charge is -2.18. The molecule has 1 saturated heterocycles. The molecule has 0 bridgehead atoms. The summed E-state index contributed by atoms with van der Waals surface area (Å²) in [4.78, 5) is 11.0. The second-order valence-corrected chi connectivity index (χ2v) is 4.33. The van der Waals surface area contributed by atoms with Crippen molar-refractivity contribution in [3.63, 3.8) is 0 Å². The molecule has 0 aliphatic carbocycles. The molecule has 80 valence electrons. The maximum absolute atomic E-state index is 11.0. The molecular weight excluding hydrogens is 190 g/mol. The van der Waals surface area contributed by atoms with Crippen LogP contribution in [-0.4, -0.2) is 23.2 Å². The Morgan fingerprint density at radius 1 is 1.47 bits per heavy atom. The second kappa shape index (κ2) is 3.66. The quantitative estimate of drug-likeness (QED) is 0.771. The van der Waals surface area contributed by atoms with Crippen molar-refractivity contribution in [1.29, 1.82) is 0 Å². The zero-order chi connectivity index (χ0) is 10.9. The van der Waals surface area contributed by atoms with E-state index in [2.05, 4.69) is 17.4 Å². The minimum atomic E-state index is -0.763. The van der Waals surface area contributed by atoms with E-state index >= 15 is 0 Å². The van der Waals surface area contributed by atoms with Gasteiger partial charge in [-0.2, -0.15) is 0 Å². The molecule has 1 fully saturated rings. The summed E-state index contributed by atoms with van der Waals surface area (Å²) in [7, 11) is 0. The average molecular weight is 205 g/mol. The monoisotopic (exact) mass is 205 g/mol. The van der Waals surface area contributed by atoms with Gasteiger partial charge in [0, 0.05) is 6.54 Å². The van der Waals surface area contributed by atoms with Crippen LogP contribution in [0, 0.1) is 0 Å². The number of hydrogen-bond acceptors (Lipinski definition) is 2. The highest BCUT2D eigenvalue weighted by Crippen LogP contribution is 2.31. The van der Waals surface area contributed by atoms with Crippen LogP contribution in [-0.2, 0) is 4.79 Å². The Morgan fingerprint density at radius 2 is 2.13 bits per heavy atom. The summed E-state index contributed by atoms with van der Waals surface area (Å²) in [6.07, 6.45) is 0.659. The second-order valence-electron chi connectivity index (χ2n) is 4.33. The molecular formula is C12H15NO2. The van der Waals surface area contributed by atoms with Gasteiger partial charge in [-0.1, -0.05) is 30.3 Å². The third-order valence-corrected chi connectivity index (χ3v) is 3.14. The zero-order valence-corrected chi connectivity index (χ0v) is 8.73. The van der Waals surface area contributed by atoms with Gasteiger partial charge in [0.2, 0.25) is 0 Å². The summed E-state index contributed by atoms with van der Waals surface area (Å²) in [6, 6.07) is 10.1. The number of nitrogens with one attached hydrogen (secondary N) is 1. The molecule has 0 radical (unpaired) electrons. The standard InChI is InChI=1S/C12H15NO2/c1-12(11(14)15)7-10(8-13-12)9-5-3-2-4-6-9/h2-6,10,13H,7-8H2,1H3,(H,14,15)/t10-,12+/m1/s1. The maximum Gasteiger partial charge on any atom is 0.323 e. The third kappa shape index (κ3) is 1.88. The van der Waals surface area contributed by atoms with E-state index in [1.807, 2.05) is 18.2 Å². The Balaban J connectivity index is 2.14. The molecule has 15 heavy (non-hydrogen) atoms. The molecule has 3 heteroatoms. The van der Waals surface area contributed by atoms with Crippen LogP contribution >= 0.6 is 0 Å². The molecule has 0 spiro atoms. The molecule has 2 N–H and O–H groups in total. The van der Waals surface area contributed by atoms with Crippen LogP contribution in [0.1, 0.15) is 24.8 Å². The lowest BCUT2D eigenvalue weighted by atomic mass is 9.90. The number of carbonyl (C=O) groups is 1. The first kappa shape index (κ1) is 10.2. The van der Waals surface area contributed by atoms with Crippen molar-refractivity contribution >= 4 is 5.97 Å². The Labute approximate surface area is 89.1 Å². The number of aliphatic carboxylic acids is 1. The van der Waals surface area contributed by atoms with Gasteiger partial charge in [-0.3, -0.25) is 4.79 Å². The van der Waals surface area contributed by atoms with Crippen LogP contribution in [0.15, 0.2) is 30.3 Å². The van der Waals surface area contributed by atoms with E-state index in [0.717, 1.165) is 6.54 Å². The first-order chi connectivity index (χ1) is 7.12. The van der Waals surface area contributed by atoms with E-state index in [4.69, 9.17) is 5.11 Å². The van der Waals surface area contributed by atoms with E-state index < -0.39 is 11.5 Å². The third-order valence-electron chi connectivity index (χ3n) is 3.14. The van der Waals surface area contributed by atoms with Gasteiger partial charge in [0.15, 0.2) is 0 Å². The van der Waals surface area contributed by atoms with Crippen molar-refractivity contribution in [1.82, 2.24) is 5.32 Å². The van der Waals surface area contributed by atoms with Gasteiger partial charge in [0.1, 0.15) is 5.54 Å². The summed E-state index contributed by atoms with van der Waals surface area (Å²) >= 11 is 0. The van der Waals surface area contributed by atoms with Gasteiger partial charge in [-0.15, -0.1) is 0 Å². The fourth-order valence-electron chi connectivity index (χ4n) is 2.11. The molecule has 1 aliphatic rings. The Kier molecular flexibility index (Phi) is 2.49. The molecule has 1 heterocycles. The predicted octanol–water partition coefficient (Wildman–Crippen LogP) is 1.61. The molecule has 0 aromatic heterocycles. The van der Waals surface area contributed by atoms with Gasteiger partial charge < -0.3 is 10.4 Å². The Bertz CT molecular complexity index is 363. The van der Waals surface area contributed by atoms with Crippen molar-refractivity contribution in [2.75, 3.05) is 6.54 Å². The number of carboxylic acids is 1. The van der Waals surface area contributed by atoms with Crippen LogP contribution in [0.25, 0.3) is 0 Å². The van der Waals surface area contributed by atoms with Gasteiger partial charge in [-0.25, -0.2) is 0 Å². The summed E-state index contributed by atoms with van der Waals surface area (Å²) in [5.74, 6) is -0.451. The number of benzene rings is 1. The van der Waals surface area contributed by atoms with Crippen LogP contribution in [0.2, 0.25) is 0 Å². The molecule has 1 aromatic rings. The van der Waals surface area contributed by atoms with Crippen molar-refractivity contribution in [3.8, 4) is 0 Å². The van der Waals surface area contributed by atoms with Crippen LogP contribution in [0.4, 0.5) is 0 Å². The predicted molar refractivity (Wildman–Crippen MR) is 57.8 cm³/mol. The summed E-state index contributed by atoms with van der Waals surface area (Å²) in [5.41, 5.74) is 0.454. The van der Waals surface area contributed by atoms with Crippen LogP contribution in [0.3, 0.4) is 0 Å². The van der Waals surface area contributed by atoms with Gasteiger partial charge >= 0.3 is 5.97 Å². The number of carboxylic acid groups (broad SMARTS) is 1. The molecule has 1 aromatic carbocycles. The van der Waals surface area contributed by atoms with Gasteiger partial charge in [0.25, 0.3) is 0 Å². The average Bonchev–Trinajstić information content (AvgIpc) is 2.64. The van der Waals surface area contributed by atoms with Crippen molar-refractivity contribution in [2.45, 2.75) is 24.8 Å². The molecule has 1 aliphatic heterocycles. The Hall–Kier alpha value is -1.35. The molecule has 2 rings (SSSR count). The van der Waals surface area contributed by atoms with Crippen molar-refractivity contribution in [2.24, 2.45) is 0 Å². The largest absolute Gasteiger partial charge is 0.480 e. The number of hydrogen-bond donors (Lipinski definition) is 2. The fraction of sp³-hybridized carbons (Fsp3) is 0.417. The normalized spacial score (nSPS) is 30.3. The summed E-state index contributed by atoms with van der Waals surface area (Å²) < 4.78 is 0. The van der Waals surface area contributed by atoms with Crippen molar-refractivity contribution in [3.05, 3.63) is 35.9 Å². The number of rotatable bonds is 2. The summed E-state index contributed by atoms with van der Waals surface area (Å²) in [6.45, 7) is 2.49. The molecule has 2 atom stereocenters. The van der Waals surface area contributed by atoms with E-state index in [0.29, 0.717) is 12.3 Å². The highest BCUT2D eigenvalue weighted by atomic mass is 16.4. The first-order valence-corrected chi connectivity index (χ1v) is 5.15. The fourth-order valence-corrected chi connectivity index (χ4v) is 2.11. The minimum Gasteiger partial charge on any atom is -0.480 e. The topological polar surface area (TPSA) is 49.3 Å². The Morgan fingerprint density at radius 3 is 2.67 bits per heavy atom. The minimum absolute atomic E-state index is 0.312. The SMILES string of the molecule is C[C@@]1(C(=O)O)C[C@@H](c2ccccc2)CN1. The highest BCUT2D eigenvalue weighted by molar-refractivity contribution is 5.79. The van der Waals surface area contributed by atoms with Crippen LogP contribution in [0.5, 0.6) is 0 Å². The highest BCUT2D eigenvalue weighted by Gasteiger charge is 2.41. The molecule has 0 amide bonds. The van der Waals surface area contributed by atoms with E-state index in [-0.39, 0.29) is 0 Å². The lowest BCUT2D eigenvalue weighted by Crippen LogP contribution is -2.44. The smallest absolute Gasteiger partial charge is 0.323 e. The van der Waals surface area contributed by atoms with Crippen LogP contribution < -0.4 is 5.32 Å².